The molecular weight excluding hydrogens is 1010 g/mol. The SMILES string of the molecule is CCCCCCCCCCCCCCCCCCCCCCCCC/C=C/CC/C=C/C(O)C(COC1OC(CO)C(OC2OC(CO)C(O)C(O)C2O)C(O)C1O)NC(=O)CCCCCCCCCCCCCCCCCCC. The van der Waals surface area contributed by atoms with Crippen LogP contribution in [0.3, 0.4) is 0 Å². The normalized spacial score (nSPS) is 24.3. The van der Waals surface area contributed by atoms with E-state index in [-0.39, 0.29) is 18.9 Å². The number of allylic oxidation sites excluding steroid dienone is 3. The number of rotatable bonds is 55. The molecule has 2 rings (SSSR count). The summed E-state index contributed by atoms with van der Waals surface area (Å²) in [6, 6.07) is -0.928. The molecule has 2 heterocycles. The van der Waals surface area contributed by atoms with E-state index < -0.39 is 86.8 Å². The summed E-state index contributed by atoms with van der Waals surface area (Å²) >= 11 is 0. The van der Waals surface area contributed by atoms with Gasteiger partial charge in [-0.05, 0) is 32.1 Å². The smallest absolute Gasteiger partial charge is 0.220 e. The summed E-state index contributed by atoms with van der Waals surface area (Å²) in [7, 11) is 0. The van der Waals surface area contributed by atoms with Gasteiger partial charge >= 0.3 is 0 Å². The van der Waals surface area contributed by atoms with Crippen LogP contribution in [0.2, 0.25) is 0 Å². The highest BCUT2D eigenvalue weighted by Gasteiger charge is 2.51. The van der Waals surface area contributed by atoms with Crippen molar-refractivity contribution in [3.63, 3.8) is 0 Å². The summed E-state index contributed by atoms with van der Waals surface area (Å²) in [5, 5.41) is 87.3. The minimum absolute atomic E-state index is 0.244. The Balaban J connectivity index is 1.70. The highest BCUT2D eigenvalue weighted by Crippen LogP contribution is 2.30. The summed E-state index contributed by atoms with van der Waals surface area (Å²) < 4.78 is 22.8. The van der Waals surface area contributed by atoms with Crippen molar-refractivity contribution >= 4 is 5.91 Å². The van der Waals surface area contributed by atoms with E-state index in [0.29, 0.717) is 12.8 Å². The van der Waals surface area contributed by atoms with Gasteiger partial charge in [-0.15, -0.1) is 0 Å². The average Bonchev–Trinajstić information content (AvgIpc) is 3.49. The first kappa shape index (κ1) is 74.6. The highest BCUT2D eigenvalue weighted by atomic mass is 16.7. The molecule has 0 aromatic carbocycles. The lowest BCUT2D eigenvalue weighted by Crippen LogP contribution is -2.65. The molecule has 2 fully saturated rings. The second kappa shape index (κ2) is 51.9. The molecule has 0 aliphatic carbocycles. The Morgan fingerprint density at radius 3 is 1.23 bits per heavy atom. The van der Waals surface area contributed by atoms with E-state index in [1.807, 2.05) is 6.08 Å². The third-order valence-corrected chi connectivity index (χ3v) is 16.6. The van der Waals surface area contributed by atoms with Crippen LogP contribution in [0.25, 0.3) is 0 Å². The Bertz CT molecular complexity index is 1440. The van der Waals surface area contributed by atoms with E-state index in [9.17, 15) is 45.6 Å². The fourth-order valence-corrected chi connectivity index (χ4v) is 11.3. The molecule has 2 saturated heterocycles. The molecular formula is C66H125NO13. The van der Waals surface area contributed by atoms with Gasteiger partial charge in [0.05, 0.1) is 32.0 Å². The van der Waals surface area contributed by atoms with E-state index in [2.05, 4.69) is 31.3 Å². The number of carbonyl (C=O) groups is 1. The molecule has 14 nitrogen and oxygen atoms in total. The van der Waals surface area contributed by atoms with Gasteiger partial charge in [-0.25, -0.2) is 0 Å². The molecule has 0 saturated carbocycles. The van der Waals surface area contributed by atoms with Gasteiger partial charge < -0.3 is 65.1 Å². The van der Waals surface area contributed by atoms with E-state index >= 15 is 0 Å². The molecule has 0 aromatic rings. The quantitative estimate of drug-likeness (QED) is 0.0204. The van der Waals surface area contributed by atoms with Crippen LogP contribution in [0, 0.1) is 0 Å². The molecule has 0 bridgehead atoms. The van der Waals surface area contributed by atoms with Crippen LogP contribution >= 0.6 is 0 Å². The van der Waals surface area contributed by atoms with Crippen LogP contribution in [0.5, 0.6) is 0 Å². The Kier molecular flexibility index (Phi) is 48.3. The minimum Gasteiger partial charge on any atom is -0.394 e. The minimum atomic E-state index is -1.79. The molecule has 2 aliphatic rings. The van der Waals surface area contributed by atoms with E-state index in [1.165, 1.54) is 231 Å². The van der Waals surface area contributed by atoms with Gasteiger partial charge in [-0.2, -0.15) is 0 Å². The maximum Gasteiger partial charge on any atom is 0.220 e. The van der Waals surface area contributed by atoms with Crippen LogP contribution in [0.1, 0.15) is 296 Å². The average molecular weight is 1140 g/mol. The first-order valence-electron chi connectivity index (χ1n) is 33.6. The summed E-state index contributed by atoms with van der Waals surface area (Å²) in [5.41, 5.74) is 0. The molecule has 0 radical (unpaired) electrons. The molecule has 80 heavy (non-hydrogen) atoms. The number of aliphatic hydroxyl groups is 8. The Morgan fingerprint density at radius 2 is 0.800 bits per heavy atom. The number of amides is 1. The number of carbonyl (C=O) groups excluding carboxylic acids is 1. The van der Waals surface area contributed by atoms with Crippen LogP contribution in [0.15, 0.2) is 24.3 Å². The molecule has 1 amide bonds. The second-order valence-electron chi connectivity index (χ2n) is 24.0. The number of ether oxygens (including phenoxy) is 4. The Morgan fingerprint density at radius 1 is 0.438 bits per heavy atom. The van der Waals surface area contributed by atoms with E-state index in [0.717, 1.165) is 32.1 Å². The fraction of sp³-hybridized carbons (Fsp3) is 0.924. The van der Waals surface area contributed by atoms with Crippen molar-refractivity contribution < 1.29 is 64.6 Å². The maximum absolute atomic E-state index is 13.3. The van der Waals surface area contributed by atoms with Crippen molar-refractivity contribution in [3.8, 4) is 0 Å². The number of hydrogen-bond donors (Lipinski definition) is 9. The van der Waals surface area contributed by atoms with Crippen LogP contribution in [-0.4, -0.2) is 140 Å². The Labute approximate surface area is 488 Å². The summed E-state index contributed by atoms with van der Waals surface area (Å²) in [4.78, 5) is 13.3. The zero-order valence-electron chi connectivity index (χ0n) is 51.1. The van der Waals surface area contributed by atoms with Gasteiger partial charge in [0.2, 0.25) is 5.91 Å². The van der Waals surface area contributed by atoms with Gasteiger partial charge in [0.25, 0.3) is 0 Å². The number of unbranched alkanes of at least 4 members (excludes halogenated alkanes) is 40. The van der Waals surface area contributed by atoms with Crippen LogP contribution < -0.4 is 5.32 Å². The van der Waals surface area contributed by atoms with Crippen LogP contribution in [0.4, 0.5) is 0 Å². The predicted molar refractivity (Wildman–Crippen MR) is 323 cm³/mol. The summed E-state index contributed by atoms with van der Waals surface area (Å²) in [6.45, 7) is 2.82. The van der Waals surface area contributed by atoms with Crippen molar-refractivity contribution in [2.45, 2.75) is 370 Å². The van der Waals surface area contributed by atoms with Crippen molar-refractivity contribution in [1.29, 1.82) is 0 Å². The molecule has 2 aliphatic heterocycles. The van der Waals surface area contributed by atoms with E-state index in [4.69, 9.17) is 18.9 Å². The third-order valence-electron chi connectivity index (χ3n) is 16.6. The fourth-order valence-electron chi connectivity index (χ4n) is 11.3. The van der Waals surface area contributed by atoms with Gasteiger partial charge in [0, 0.05) is 6.42 Å². The topological polar surface area (TPSA) is 228 Å². The van der Waals surface area contributed by atoms with Crippen LogP contribution in [-0.2, 0) is 23.7 Å². The van der Waals surface area contributed by atoms with Gasteiger partial charge in [-0.3, -0.25) is 4.79 Å². The largest absolute Gasteiger partial charge is 0.394 e. The van der Waals surface area contributed by atoms with Crippen molar-refractivity contribution in [1.82, 2.24) is 5.32 Å². The lowest BCUT2D eigenvalue weighted by Gasteiger charge is -2.46. The Hall–Kier alpha value is -1.53. The summed E-state index contributed by atoms with van der Waals surface area (Å²) in [5.74, 6) is -0.244. The molecule has 14 heteroatoms. The van der Waals surface area contributed by atoms with Crippen molar-refractivity contribution in [2.24, 2.45) is 0 Å². The number of hydrogen-bond acceptors (Lipinski definition) is 13. The lowest BCUT2D eigenvalue weighted by atomic mass is 9.97. The van der Waals surface area contributed by atoms with Gasteiger partial charge in [0.1, 0.15) is 48.8 Å². The van der Waals surface area contributed by atoms with Crippen molar-refractivity contribution in [3.05, 3.63) is 24.3 Å². The molecule has 0 aromatic heterocycles. The molecule has 472 valence electrons. The standard InChI is InChI=1S/C66H125NO13/c1-3-5-7-9-11-13-15-17-19-21-22-23-24-25-26-27-28-29-30-31-32-34-35-37-39-41-43-45-47-49-55(70)54(67-58(71)50-48-46-44-42-40-38-36-33-20-18-16-14-12-10-8-6-4-2)53-77-65-63(76)61(74)64(57(52-69)79-65)80-66-62(75)60(73)59(72)56(51-68)78-66/h39,41,47,49,54-57,59-66,68-70,72-76H,3-38,40,42-46,48,50-53H2,1-2H3,(H,67,71)/b41-39+,49-47+. The molecule has 12 atom stereocenters. The predicted octanol–water partition coefficient (Wildman–Crippen LogP) is 12.8. The molecule has 12 unspecified atom stereocenters. The molecule has 0 spiro atoms. The first-order chi connectivity index (χ1) is 39.1. The highest BCUT2D eigenvalue weighted by molar-refractivity contribution is 5.76. The van der Waals surface area contributed by atoms with Crippen molar-refractivity contribution in [2.75, 3.05) is 19.8 Å². The zero-order valence-corrected chi connectivity index (χ0v) is 51.1. The van der Waals surface area contributed by atoms with Gasteiger partial charge in [0.15, 0.2) is 12.6 Å². The van der Waals surface area contributed by atoms with E-state index in [1.54, 1.807) is 6.08 Å². The maximum atomic E-state index is 13.3. The van der Waals surface area contributed by atoms with Gasteiger partial charge in [-0.1, -0.05) is 282 Å². The number of aliphatic hydroxyl groups excluding tert-OH is 8. The second-order valence-corrected chi connectivity index (χ2v) is 24.0. The third kappa shape index (κ3) is 36.3. The first-order valence-corrected chi connectivity index (χ1v) is 33.6. The zero-order chi connectivity index (χ0) is 58.1. The summed E-state index contributed by atoms with van der Waals surface area (Å²) in [6.07, 6.45) is 46.7. The molecule has 9 N–H and O–H groups in total. The lowest BCUT2D eigenvalue weighted by molar-refractivity contribution is -0.359. The monoisotopic (exact) mass is 1140 g/mol. The number of nitrogens with one attached hydrogen (secondary N) is 1.